The van der Waals surface area contributed by atoms with Crippen LogP contribution < -0.4 is 5.32 Å². The van der Waals surface area contributed by atoms with Crippen LogP contribution in [0.1, 0.15) is 23.2 Å². The van der Waals surface area contributed by atoms with Crippen LogP contribution in [0.25, 0.3) is 11.4 Å². The average molecular weight is 436 g/mol. The number of benzene rings is 1. The van der Waals surface area contributed by atoms with Crippen LogP contribution in [-0.2, 0) is 0 Å². The third-order valence-electron chi connectivity index (χ3n) is 6.96. The summed E-state index contributed by atoms with van der Waals surface area (Å²) in [7, 11) is 0. The monoisotopic (exact) mass is 435 g/mol. The molecule has 1 aliphatic heterocycles. The molecule has 1 saturated heterocycles. The fourth-order valence-electron chi connectivity index (χ4n) is 5.52. The van der Waals surface area contributed by atoms with Crippen molar-refractivity contribution in [1.29, 1.82) is 0 Å². The zero-order chi connectivity index (χ0) is 21.2. The third-order valence-corrected chi connectivity index (χ3v) is 7.18. The van der Waals surface area contributed by atoms with Crippen LogP contribution in [0.3, 0.4) is 0 Å². The minimum absolute atomic E-state index is 0.0200. The first-order valence-corrected chi connectivity index (χ1v) is 10.7. The molecular formula is C23H19ClFN5O. The molecule has 3 fully saturated rings. The fourth-order valence-corrected chi connectivity index (χ4v) is 5.63. The highest BCUT2D eigenvalue weighted by Gasteiger charge is 2.75. The molecular weight excluding hydrogens is 417 g/mol. The standard InChI is InChI=1S/C23H19ClFN5O/c24-14-5-6-18(28-11-14)29-17-10-23-9-13(23)12-30(20(17)23)22(31)19-15(3-1-4-16(19)25)21-26-7-2-8-27-21/h1-8,11,13,17,20H,9-10,12H2,(H,28,29). The molecule has 156 valence electrons. The number of piperidine rings is 1. The SMILES string of the molecule is O=C(c1c(F)cccc1-c1ncccn1)N1CC2CC23CC(Nc2ccc(Cl)cn2)C13. The van der Waals surface area contributed by atoms with Gasteiger partial charge >= 0.3 is 0 Å². The minimum Gasteiger partial charge on any atom is -0.365 e. The number of anilines is 1. The lowest BCUT2D eigenvalue weighted by Gasteiger charge is -2.48. The molecule has 3 aliphatic rings. The molecule has 4 atom stereocenters. The summed E-state index contributed by atoms with van der Waals surface area (Å²) in [4.78, 5) is 28.2. The zero-order valence-corrected chi connectivity index (χ0v) is 17.3. The van der Waals surface area contributed by atoms with Crippen LogP contribution in [0.5, 0.6) is 0 Å². The molecule has 0 bridgehead atoms. The zero-order valence-electron chi connectivity index (χ0n) is 16.5. The molecule has 8 heteroatoms. The summed E-state index contributed by atoms with van der Waals surface area (Å²) in [5.74, 6) is 0.712. The number of aromatic nitrogens is 3. The number of rotatable bonds is 4. The summed E-state index contributed by atoms with van der Waals surface area (Å²) < 4.78 is 14.9. The highest BCUT2D eigenvalue weighted by molar-refractivity contribution is 6.30. The van der Waals surface area contributed by atoms with Gasteiger partial charge in [-0.2, -0.15) is 0 Å². The van der Waals surface area contributed by atoms with Crippen LogP contribution in [0.15, 0.2) is 55.0 Å². The molecule has 2 saturated carbocycles. The van der Waals surface area contributed by atoms with Gasteiger partial charge in [0.05, 0.1) is 16.6 Å². The molecule has 1 aromatic carbocycles. The van der Waals surface area contributed by atoms with E-state index < -0.39 is 5.82 Å². The summed E-state index contributed by atoms with van der Waals surface area (Å²) in [6.45, 7) is 0.652. The van der Waals surface area contributed by atoms with Crippen LogP contribution >= 0.6 is 11.6 Å². The van der Waals surface area contributed by atoms with E-state index >= 15 is 0 Å². The third kappa shape index (κ3) is 2.83. The van der Waals surface area contributed by atoms with Gasteiger partial charge < -0.3 is 10.2 Å². The van der Waals surface area contributed by atoms with Crippen molar-refractivity contribution in [2.24, 2.45) is 11.3 Å². The summed E-state index contributed by atoms with van der Waals surface area (Å²) in [5.41, 5.74) is 0.623. The van der Waals surface area contributed by atoms with Gasteiger partial charge in [-0.25, -0.2) is 19.3 Å². The van der Waals surface area contributed by atoms with Crippen LogP contribution in [-0.4, -0.2) is 44.4 Å². The van der Waals surface area contributed by atoms with E-state index in [2.05, 4.69) is 20.3 Å². The molecule has 0 radical (unpaired) electrons. The van der Waals surface area contributed by atoms with Crippen molar-refractivity contribution < 1.29 is 9.18 Å². The maximum atomic E-state index is 14.9. The van der Waals surface area contributed by atoms with E-state index in [-0.39, 0.29) is 29.0 Å². The van der Waals surface area contributed by atoms with E-state index in [4.69, 9.17) is 11.6 Å². The second kappa shape index (κ2) is 6.72. The number of carbonyl (C=O) groups excluding carboxylic acids is 1. The number of pyridine rings is 1. The van der Waals surface area contributed by atoms with Gasteiger partial charge in [0, 0.05) is 36.7 Å². The number of amides is 1. The first-order valence-electron chi connectivity index (χ1n) is 10.3. The quantitative estimate of drug-likeness (QED) is 0.669. The molecule has 1 spiro atoms. The van der Waals surface area contributed by atoms with E-state index in [1.165, 1.54) is 6.07 Å². The summed E-state index contributed by atoms with van der Waals surface area (Å²) in [5, 5.41) is 4.02. The molecule has 3 aromatic rings. The smallest absolute Gasteiger partial charge is 0.257 e. The van der Waals surface area contributed by atoms with E-state index in [0.29, 0.717) is 28.9 Å². The first kappa shape index (κ1) is 18.7. The van der Waals surface area contributed by atoms with Crippen molar-refractivity contribution in [3.63, 3.8) is 0 Å². The number of nitrogens with one attached hydrogen (secondary N) is 1. The van der Waals surface area contributed by atoms with E-state index in [1.807, 2.05) is 11.0 Å². The maximum Gasteiger partial charge on any atom is 0.257 e. The van der Waals surface area contributed by atoms with E-state index in [1.54, 1.807) is 42.9 Å². The van der Waals surface area contributed by atoms with Gasteiger partial charge in [0.2, 0.25) is 0 Å². The van der Waals surface area contributed by atoms with Crippen LogP contribution in [0.4, 0.5) is 10.2 Å². The van der Waals surface area contributed by atoms with Gasteiger partial charge in [-0.3, -0.25) is 4.79 Å². The van der Waals surface area contributed by atoms with Crippen LogP contribution in [0, 0.1) is 17.2 Å². The number of halogens is 2. The highest BCUT2D eigenvalue weighted by atomic mass is 35.5. The van der Waals surface area contributed by atoms with Crippen molar-refractivity contribution in [2.75, 3.05) is 11.9 Å². The predicted molar refractivity (Wildman–Crippen MR) is 114 cm³/mol. The lowest BCUT2D eigenvalue weighted by Crippen LogP contribution is -2.60. The number of likely N-dealkylation sites (tertiary alicyclic amines) is 1. The Morgan fingerprint density at radius 1 is 1.13 bits per heavy atom. The first-order chi connectivity index (χ1) is 15.1. The van der Waals surface area contributed by atoms with Gasteiger partial charge in [-0.1, -0.05) is 23.7 Å². The largest absolute Gasteiger partial charge is 0.365 e. The summed E-state index contributed by atoms with van der Waals surface area (Å²) in [6.07, 6.45) is 6.89. The second-order valence-corrected chi connectivity index (χ2v) is 9.02. The molecule has 6 nitrogen and oxygen atoms in total. The average Bonchev–Trinajstić information content (AvgIpc) is 3.43. The minimum atomic E-state index is -0.548. The Balaban J connectivity index is 1.32. The van der Waals surface area contributed by atoms with Crippen molar-refractivity contribution in [3.8, 4) is 11.4 Å². The van der Waals surface area contributed by atoms with Crippen molar-refractivity contribution in [3.05, 3.63) is 71.4 Å². The van der Waals surface area contributed by atoms with E-state index in [9.17, 15) is 9.18 Å². The summed E-state index contributed by atoms with van der Waals surface area (Å²) >= 11 is 5.94. The van der Waals surface area contributed by atoms with Gasteiger partial charge in [-0.05, 0) is 48.4 Å². The van der Waals surface area contributed by atoms with E-state index in [0.717, 1.165) is 18.7 Å². The topological polar surface area (TPSA) is 71.0 Å². The molecule has 31 heavy (non-hydrogen) atoms. The molecule has 1 N–H and O–H groups in total. The lowest BCUT2D eigenvalue weighted by molar-refractivity contribution is 0.0468. The Labute approximate surface area is 183 Å². The molecule has 1 amide bonds. The number of carbonyl (C=O) groups is 1. The maximum absolute atomic E-state index is 14.9. The van der Waals surface area contributed by atoms with Crippen molar-refractivity contribution in [2.45, 2.75) is 24.9 Å². The number of hydrogen-bond acceptors (Lipinski definition) is 5. The normalized spacial score (nSPS) is 27.8. The van der Waals surface area contributed by atoms with Gasteiger partial charge in [0.25, 0.3) is 5.91 Å². The molecule has 3 heterocycles. The lowest BCUT2D eigenvalue weighted by atomic mass is 9.71. The Kier molecular flexibility index (Phi) is 4.05. The Hall–Kier alpha value is -3.06. The second-order valence-electron chi connectivity index (χ2n) is 8.59. The van der Waals surface area contributed by atoms with Gasteiger partial charge in [-0.15, -0.1) is 0 Å². The highest BCUT2D eigenvalue weighted by Crippen LogP contribution is 2.71. The number of hydrogen-bond donors (Lipinski definition) is 1. The molecule has 4 unspecified atom stereocenters. The Morgan fingerprint density at radius 3 is 2.74 bits per heavy atom. The van der Waals surface area contributed by atoms with Gasteiger partial charge in [0.1, 0.15) is 11.6 Å². The Bertz CT molecular complexity index is 1170. The predicted octanol–water partition coefficient (Wildman–Crippen LogP) is 4.05. The number of nitrogens with zero attached hydrogens (tertiary/aromatic N) is 4. The van der Waals surface area contributed by atoms with Crippen molar-refractivity contribution in [1.82, 2.24) is 19.9 Å². The Morgan fingerprint density at radius 2 is 1.97 bits per heavy atom. The summed E-state index contributed by atoms with van der Waals surface area (Å²) in [6, 6.07) is 10.0. The molecule has 2 aliphatic carbocycles. The van der Waals surface area contributed by atoms with Crippen molar-refractivity contribution >= 4 is 23.3 Å². The van der Waals surface area contributed by atoms with Gasteiger partial charge in [0.15, 0.2) is 5.82 Å². The fraction of sp³-hybridized carbons (Fsp3) is 0.304. The molecule has 6 rings (SSSR count). The molecule has 2 aromatic heterocycles. The van der Waals surface area contributed by atoms with Crippen LogP contribution in [0.2, 0.25) is 5.02 Å².